The van der Waals surface area contributed by atoms with E-state index in [1.54, 1.807) is 12.4 Å². The van der Waals surface area contributed by atoms with Crippen LogP contribution < -0.4 is 0 Å². The van der Waals surface area contributed by atoms with Crippen LogP contribution in [0.25, 0.3) is 10.8 Å². The minimum Gasteiger partial charge on any atom is -0.495 e. The van der Waals surface area contributed by atoms with Gasteiger partial charge in [0.05, 0.1) is 6.61 Å². The number of benzene rings is 1. The Hall–Kier alpha value is -1.87. The van der Waals surface area contributed by atoms with Crippen molar-refractivity contribution in [3.8, 4) is 0 Å². The summed E-state index contributed by atoms with van der Waals surface area (Å²) in [5.41, 5.74) is 0.802. The van der Waals surface area contributed by atoms with E-state index in [0.717, 1.165) is 22.8 Å². The van der Waals surface area contributed by atoms with Gasteiger partial charge in [-0.2, -0.15) is 0 Å². The first-order valence-electron chi connectivity index (χ1n) is 5.70. The molecule has 3 nitrogen and oxygen atoms in total. The van der Waals surface area contributed by atoms with E-state index in [1.807, 2.05) is 30.3 Å². The zero-order valence-corrected chi connectivity index (χ0v) is 9.34. The van der Waals surface area contributed by atoms with Crippen molar-refractivity contribution in [2.75, 3.05) is 6.61 Å². The van der Waals surface area contributed by atoms with E-state index in [-0.39, 0.29) is 0 Å². The van der Waals surface area contributed by atoms with Gasteiger partial charge in [0.15, 0.2) is 0 Å². The summed E-state index contributed by atoms with van der Waals surface area (Å²) < 4.78 is 5.40. The average Bonchev–Trinajstić information content (AvgIpc) is 2.91. The molecule has 86 valence electrons. The van der Waals surface area contributed by atoms with Crippen LogP contribution in [0, 0.1) is 0 Å². The fourth-order valence-corrected chi connectivity index (χ4v) is 2.14. The molecule has 3 heteroatoms. The Morgan fingerprint density at radius 2 is 2.12 bits per heavy atom. The zero-order valence-electron chi connectivity index (χ0n) is 9.34. The third kappa shape index (κ3) is 1.78. The van der Waals surface area contributed by atoms with Crippen molar-refractivity contribution in [2.45, 2.75) is 12.5 Å². The van der Waals surface area contributed by atoms with Gasteiger partial charge >= 0.3 is 0 Å². The summed E-state index contributed by atoms with van der Waals surface area (Å²) in [5.74, 6) is 0.642. The quantitative estimate of drug-likeness (QED) is 0.857. The van der Waals surface area contributed by atoms with Crippen molar-refractivity contribution in [1.29, 1.82) is 0 Å². The van der Waals surface area contributed by atoms with Crippen LogP contribution in [0.3, 0.4) is 0 Å². The molecule has 0 spiro atoms. The molecule has 0 saturated carbocycles. The Kier molecular flexibility index (Phi) is 2.53. The molecule has 0 radical (unpaired) electrons. The molecule has 1 N–H and O–H groups in total. The number of aliphatic hydroxyl groups is 1. The van der Waals surface area contributed by atoms with Crippen LogP contribution in [-0.4, -0.2) is 16.7 Å². The number of pyridine rings is 1. The molecule has 17 heavy (non-hydrogen) atoms. The van der Waals surface area contributed by atoms with E-state index < -0.39 is 6.10 Å². The summed E-state index contributed by atoms with van der Waals surface area (Å²) in [6, 6.07) is 7.90. The second kappa shape index (κ2) is 4.18. The van der Waals surface area contributed by atoms with Gasteiger partial charge in [-0.25, -0.2) is 0 Å². The number of fused-ring (bicyclic) bond motifs is 1. The molecule has 1 aliphatic rings. The minimum atomic E-state index is -0.712. The van der Waals surface area contributed by atoms with Crippen LogP contribution in [0.4, 0.5) is 0 Å². The smallest absolute Gasteiger partial charge is 0.138 e. The van der Waals surface area contributed by atoms with Gasteiger partial charge in [0, 0.05) is 29.8 Å². The van der Waals surface area contributed by atoms with Crippen LogP contribution in [0.5, 0.6) is 0 Å². The molecule has 2 heterocycles. The molecule has 0 bridgehead atoms. The Morgan fingerprint density at radius 1 is 1.24 bits per heavy atom. The summed E-state index contributed by atoms with van der Waals surface area (Å²) in [4.78, 5) is 4.16. The highest BCUT2D eigenvalue weighted by atomic mass is 16.5. The summed E-state index contributed by atoms with van der Waals surface area (Å²) in [5, 5.41) is 12.3. The Balaban J connectivity index is 2.10. The highest BCUT2D eigenvalue weighted by Gasteiger charge is 2.20. The Bertz CT molecular complexity index is 572. The van der Waals surface area contributed by atoms with Crippen molar-refractivity contribution in [1.82, 2.24) is 4.98 Å². The lowest BCUT2D eigenvalue weighted by Gasteiger charge is -2.14. The standard InChI is InChI=1S/C14H13NO2/c16-14(13-6-3-7-17-13)12-9-15-8-10-4-1-2-5-11(10)12/h1-2,4-6,8-9,14,16H,3,7H2. The van der Waals surface area contributed by atoms with E-state index in [0.29, 0.717) is 12.4 Å². The van der Waals surface area contributed by atoms with Gasteiger partial charge in [0.1, 0.15) is 11.9 Å². The first-order chi connectivity index (χ1) is 8.36. The summed E-state index contributed by atoms with van der Waals surface area (Å²) in [6.07, 6.45) is 5.60. The van der Waals surface area contributed by atoms with Crippen LogP contribution in [-0.2, 0) is 4.74 Å². The van der Waals surface area contributed by atoms with Crippen LogP contribution in [0.1, 0.15) is 18.1 Å². The van der Waals surface area contributed by atoms with Crippen LogP contribution in [0.15, 0.2) is 48.5 Å². The van der Waals surface area contributed by atoms with E-state index in [2.05, 4.69) is 4.98 Å². The predicted molar refractivity (Wildman–Crippen MR) is 65.4 cm³/mol. The Labute approximate surface area is 99.4 Å². The monoisotopic (exact) mass is 227 g/mol. The number of hydrogen-bond donors (Lipinski definition) is 1. The highest BCUT2D eigenvalue weighted by molar-refractivity contribution is 5.85. The summed E-state index contributed by atoms with van der Waals surface area (Å²) in [6.45, 7) is 0.657. The van der Waals surface area contributed by atoms with E-state index in [4.69, 9.17) is 4.74 Å². The number of aliphatic hydroxyl groups excluding tert-OH is 1. The highest BCUT2D eigenvalue weighted by Crippen LogP contribution is 2.30. The molecule has 0 saturated heterocycles. The van der Waals surface area contributed by atoms with Crippen molar-refractivity contribution in [3.05, 3.63) is 54.1 Å². The number of aromatic nitrogens is 1. The maximum atomic E-state index is 10.3. The van der Waals surface area contributed by atoms with E-state index in [1.165, 1.54) is 0 Å². The second-order valence-electron chi connectivity index (χ2n) is 4.10. The molecule has 2 aromatic rings. The maximum Gasteiger partial charge on any atom is 0.138 e. The normalized spacial score (nSPS) is 16.6. The fraction of sp³-hybridized carbons (Fsp3) is 0.214. The van der Waals surface area contributed by atoms with Crippen LogP contribution >= 0.6 is 0 Å². The first kappa shape index (κ1) is 10.3. The molecule has 1 unspecified atom stereocenters. The third-order valence-corrected chi connectivity index (χ3v) is 3.00. The molecule has 0 aliphatic carbocycles. The zero-order chi connectivity index (χ0) is 11.7. The lowest BCUT2D eigenvalue weighted by molar-refractivity contribution is 0.119. The number of rotatable bonds is 2. The van der Waals surface area contributed by atoms with Gasteiger partial charge in [0.2, 0.25) is 0 Å². The van der Waals surface area contributed by atoms with Gasteiger partial charge in [-0.1, -0.05) is 24.3 Å². The van der Waals surface area contributed by atoms with Gasteiger partial charge < -0.3 is 9.84 Å². The molecule has 1 atom stereocenters. The SMILES string of the molecule is OC(C1=CCCO1)c1cncc2ccccc12. The molecular formula is C14H13NO2. The van der Waals surface area contributed by atoms with Crippen molar-refractivity contribution in [3.63, 3.8) is 0 Å². The van der Waals surface area contributed by atoms with Crippen molar-refractivity contribution >= 4 is 10.8 Å². The number of ether oxygens (including phenoxy) is 1. The maximum absolute atomic E-state index is 10.3. The van der Waals surface area contributed by atoms with E-state index in [9.17, 15) is 5.11 Å². The fourth-order valence-electron chi connectivity index (χ4n) is 2.14. The molecule has 0 amide bonds. The molecule has 1 aromatic carbocycles. The molecule has 0 fully saturated rings. The van der Waals surface area contributed by atoms with Crippen molar-refractivity contribution < 1.29 is 9.84 Å². The first-order valence-corrected chi connectivity index (χ1v) is 5.70. The molecular weight excluding hydrogens is 214 g/mol. The largest absolute Gasteiger partial charge is 0.495 e. The van der Waals surface area contributed by atoms with Gasteiger partial charge in [-0.05, 0) is 11.5 Å². The minimum absolute atomic E-state index is 0.642. The molecule has 1 aliphatic heterocycles. The average molecular weight is 227 g/mol. The lowest BCUT2D eigenvalue weighted by atomic mass is 10.0. The summed E-state index contributed by atoms with van der Waals surface area (Å²) in [7, 11) is 0. The third-order valence-electron chi connectivity index (χ3n) is 3.00. The number of hydrogen-bond acceptors (Lipinski definition) is 3. The topological polar surface area (TPSA) is 42.4 Å². The Morgan fingerprint density at radius 3 is 2.94 bits per heavy atom. The molecule has 1 aromatic heterocycles. The predicted octanol–water partition coefficient (Wildman–Crippen LogP) is 2.57. The number of nitrogens with zero attached hydrogens (tertiary/aromatic N) is 1. The summed E-state index contributed by atoms with van der Waals surface area (Å²) >= 11 is 0. The van der Waals surface area contributed by atoms with Gasteiger partial charge in [-0.3, -0.25) is 4.98 Å². The van der Waals surface area contributed by atoms with Crippen molar-refractivity contribution in [2.24, 2.45) is 0 Å². The van der Waals surface area contributed by atoms with E-state index >= 15 is 0 Å². The second-order valence-corrected chi connectivity index (χ2v) is 4.10. The van der Waals surface area contributed by atoms with Gasteiger partial charge in [-0.15, -0.1) is 0 Å². The van der Waals surface area contributed by atoms with Crippen LogP contribution in [0.2, 0.25) is 0 Å². The molecule has 3 rings (SSSR count). The lowest BCUT2D eigenvalue weighted by Crippen LogP contribution is -2.03. The van der Waals surface area contributed by atoms with Gasteiger partial charge in [0.25, 0.3) is 0 Å².